The first-order valence-corrected chi connectivity index (χ1v) is 7.60. The summed E-state index contributed by atoms with van der Waals surface area (Å²) in [4.78, 5) is 0. The Morgan fingerprint density at radius 1 is 1.39 bits per heavy atom. The van der Waals surface area contributed by atoms with E-state index in [1.54, 1.807) is 0 Å². The Labute approximate surface area is 123 Å². The Balaban J connectivity index is 2.28. The molecular formula is C12H12BrClN2OS. The molecule has 1 aromatic carbocycles. The lowest BCUT2D eigenvalue weighted by atomic mass is 10.0. The maximum absolute atomic E-state index is 5.77. The highest BCUT2D eigenvalue weighted by Crippen LogP contribution is 2.34. The van der Waals surface area contributed by atoms with E-state index < -0.39 is 0 Å². The molecule has 0 aliphatic heterocycles. The molecule has 0 fully saturated rings. The predicted molar refractivity (Wildman–Crippen MR) is 77.8 cm³/mol. The molecule has 1 heterocycles. The minimum absolute atomic E-state index is 0.360. The van der Waals surface area contributed by atoms with Crippen LogP contribution in [0.1, 0.15) is 30.3 Å². The van der Waals surface area contributed by atoms with Crippen LogP contribution in [0.25, 0.3) is 0 Å². The van der Waals surface area contributed by atoms with Crippen molar-refractivity contribution < 1.29 is 4.74 Å². The summed E-state index contributed by atoms with van der Waals surface area (Å²) in [6.45, 7) is 4.25. The number of hydrogen-bond acceptors (Lipinski definition) is 4. The smallest absolute Gasteiger partial charge is 0.299 e. The molecule has 1 aromatic heterocycles. The zero-order valence-corrected chi connectivity index (χ0v) is 13.1. The third kappa shape index (κ3) is 3.22. The summed E-state index contributed by atoms with van der Waals surface area (Å²) in [6, 6.07) is 5.94. The van der Waals surface area contributed by atoms with E-state index in [9.17, 15) is 0 Å². The number of benzene rings is 1. The highest BCUT2D eigenvalue weighted by molar-refractivity contribution is 9.10. The molecule has 2 aromatic rings. The summed E-state index contributed by atoms with van der Waals surface area (Å²) in [5.41, 5.74) is 1.13. The normalized spacial score (nSPS) is 10.9. The van der Waals surface area contributed by atoms with Crippen LogP contribution in [-0.2, 0) is 5.88 Å². The summed E-state index contributed by atoms with van der Waals surface area (Å²) < 4.78 is 6.81. The molecule has 3 nitrogen and oxygen atoms in total. The number of halogens is 2. The van der Waals surface area contributed by atoms with Crippen molar-refractivity contribution >= 4 is 38.9 Å². The average molecular weight is 348 g/mol. The van der Waals surface area contributed by atoms with Crippen LogP contribution in [0.5, 0.6) is 10.9 Å². The fourth-order valence-electron chi connectivity index (χ4n) is 1.49. The summed E-state index contributed by atoms with van der Waals surface area (Å²) in [7, 11) is 0. The number of alkyl halides is 1. The molecule has 0 atom stereocenters. The van der Waals surface area contributed by atoms with Gasteiger partial charge in [-0.05, 0) is 29.7 Å². The largest absolute Gasteiger partial charge is 0.429 e. The lowest BCUT2D eigenvalue weighted by molar-refractivity contribution is 0.464. The molecule has 0 aliphatic rings. The topological polar surface area (TPSA) is 35.0 Å². The van der Waals surface area contributed by atoms with Crippen LogP contribution in [0.4, 0.5) is 0 Å². The molecule has 0 saturated heterocycles. The fraction of sp³-hybridized carbons (Fsp3) is 0.333. The van der Waals surface area contributed by atoms with Crippen LogP contribution in [0.3, 0.4) is 0 Å². The van der Waals surface area contributed by atoms with Gasteiger partial charge in [0.25, 0.3) is 5.19 Å². The third-order valence-corrected chi connectivity index (χ3v) is 4.06. The quantitative estimate of drug-likeness (QED) is 0.734. The summed E-state index contributed by atoms with van der Waals surface area (Å²) >= 11 is 10.5. The maximum atomic E-state index is 5.77. The van der Waals surface area contributed by atoms with Gasteiger partial charge in [0, 0.05) is 4.47 Å². The highest BCUT2D eigenvalue weighted by atomic mass is 79.9. The van der Waals surface area contributed by atoms with Gasteiger partial charge in [-0.25, -0.2) is 0 Å². The van der Waals surface area contributed by atoms with Gasteiger partial charge in [0.15, 0.2) is 0 Å². The van der Waals surface area contributed by atoms with Crippen molar-refractivity contribution in [1.29, 1.82) is 0 Å². The van der Waals surface area contributed by atoms with Crippen LogP contribution in [0.15, 0.2) is 22.7 Å². The van der Waals surface area contributed by atoms with Crippen LogP contribution < -0.4 is 4.74 Å². The van der Waals surface area contributed by atoms with Crippen LogP contribution in [0.2, 0.25) is 0 Å². The lowest BCUT2D eigenvalue weighted by Crippen LogP contribution is -1.93. The van der Waals surface area contributed by atoms with E-state index in [0.29, 0.717) is 17.0 Å². The van der Waals surface area contributed by atoms with Crippen molar-refractivity contribution in [2.45, 2.75) is 25.6 Å². The second kappa shape index (κ2) is 5.99. The minimum atomic E-state index is 0.360. The number of ether oxygens (including phenoxy) is 1. The van der Waals surface area contributed by atoms with Crippen molar-refractivity contribution in [2.75, 3.05) is 0 Å². The summed E-state index contributed by atoms with van der Waals surface area (Å²) in [5.74, 6) is 1.54. The van der Waals surface area contributed by atoms with Crippen LogP contribution in [0, 0.1) is 0 Å². The molecule has 0 amide bonds. The third-order valence-electron chi connectivity index (χ3n) is 2.35. The Morgan fingerprint density at radius 3 is 2.78 bits per heavy atom. The number of rotatable bonds is 4. The Kier molecular flexibility index (Phi) is 4.59. The fourth-order valence-corrected chi connectivity index (χ4v) is 2.64. The van der Waals surface area contributed by atoms with E-state index >= 15 is 0 Å². The monoisotopic (exact) mass is 346 g/mol. The molecule has 0 saturated carbocycles. The molecule has 96 valence electrons. The van der Waals surface area contributed by atoms with E-state index in [4.69, 9.17) is 16.3 Å². The van der Waals surface area contributed by atoms with Crippen LogP contribution in [-0.4, -0.2) is 10.2 Å². The van der Waals surface area contributed by atoms with E-state index in [1.165, 1.54) is 11.3 Å². The van der Waals surface area contributed by atoms with Crippen molar-refractivity contribution in [3.8, 4) is 10.9 Å². The van der Waals surface area contributed by atoms with E-state index in [0.717, 1.165) is 20.8 Å². The van der Waals surface area contributed by atoms with Gasteiger partial charge in [-0.1, -0.05) is 46.2 Å². The lowest BCUT2D eigenvalue weighted by Gasteiger charge is -2.12. The van der Waals surface area contributed by atoms with Crippen molar-refractivity contribution in [2.24, 2.45) is 0 Å². The first-order chi connectivity index (χ1) is 8.60. The van der Waals surface area contributed by atoms with Gasteiger partial charge in [-0.15, -0.1) is 16.7 Å². The molecule has 0 N–H and O–H groups in total. The van der Waals surface area contributed by atoms with Gasteiger partial charge in [0.1, 0.15) is 10.8 Å². The Bertz CT molecular complexity index is 545. The average Bonchev–Trinajstić information content (AvgIpc) is 2.79. The first-order valence-electron chi connectivity index (χ1n) is 5.45. The van der Waals surface area contributed by atoms with Gasteiger partial charge in [0.05, 0.1) is 5.88 Å². The Hall–Kier alpha value is -0.650. The summed E-state index contributed by atoms with van der Waals surface area (Å²) in [6.07, 6.45) is 0. The highest BCUT2D eigenvalue weighted by Gasteiger charge is 2.12. The van der Waals surface area contributed by atoms with Crippen LogP contribution >= 0.6 is 38.9 Å². The van der Waals surface area contributed by atoms with E-state index in [-0.39, 0.29) is 0 Å². The zero-order chi connectivity index (χ0) is 13.1. The van der Waals surface area contributed by atoms with Gasteiger partial charge in [0.2, 0.25) is 0 Å². The van der Waals surface area contributed by atoms with Gasteiger partial charge < -0.3 is 4.74 Å². The number of hydrogen-bond donors (Lipinski definition) is 0. The van der Waals surface area contributed by atoms with Gasteiger partial charge in [-0.3, -0.25) is 0 Å². The van der Waals surface area contributed by atoms with Gasteiger partial charge >= 0.3 is 0 Å². The number of nitrogens with zero attached hydrogens (tertiary/aromatic N) is 2. The second-order valence-corrected chi connectivity index (χ2v) is 6.24. The zero-order valence-electron chi connectivity index (χ0n) is 9.98. The first kappa shape index (κ1) is 13.8. The van der Waals surface area contributed by atoms with Crippen molar-refractivity contribution in [3.63, 3.8) is 0 Å². The number of aromatic nitrogens is 2. The standard InChI is InChI=1S/C12H12BrClN2OS/c1-7(2)9-5-8(13)3-4-10(9)17-12-16-15-11(6-14)18-12/h3-5,7H,6H2,1-2H3. The predicted octanol–water partition coefficient (Wildman–Crippen LogP) is 4.96. The van der Waals surface area contributed by atoms with Crippen molar-refractivity contribution in [1.82, 2.24) is 10.2 Å². The molecule has 0 spiro atoms. The molecule has 6 heteroatoms. The van der Waals surface area contributed by atoms with Gasteiger partial charge in [-0.2, -0.15) is 0 Å². The molecule has 0 radical (unpaired) electrons. The second-order valence-electron chi connectivity index (χ2n) is 4.03. The maximum Gasteiger partial charge on any atom is 0.299 e. The Morgan fingerprint density at radius 2 is 2.17 bits per heavy atom. The SMILES string of the molecule is CC(C)c1cc(Br)ccc1Oc1nnc(CCl)s1. The van der Waals surface area contributed by atoms with Crippen molar-refractivity contribution in [3.05, 3.63) is 33.2 Å². The molecule has 0 aliphatic carbocycles. The molecule has 2 rings (SSSR count). The molecular weight excluding hydrogens is 336 g/mol. The summed E-state index contributed by atoms with van der Waals surface area (Å²) in [5, 5.41) is 9.16. The minimum Gasteiger partial charge on any atom is -0.429 e. The molecule has 0 unspecified atom stereocenters. The van der Waals surface area contributed by atoms with E-state index in [1.807, 2.05) is 12.1 Å². The molecule has 18 heavy (non-hydrogen) atoms. The molecule has 0 bridgehead atoms. The van der Waals surface area contributed by atoms with E-state index in [2.05, 4.69) is 46.0 Å².